The maximum Gasteiger partial charge on any atom is 0.214 e. The normalized spacial score (nSPS) is 19.6. The molecule has 1 saturated carbocycles. The van der Waals surface area contributed by atoms with Gasteiger partial charge in [0.05, 0.1) is 12.7 Å². The second-order valence-electron chi connectivity index (χ2n) is 5.31. The van der Waals surface area contributed by atoms with Crippen LogP contribution in [-0.4, -0.2) is 67.7 Å². The van der Waals surface area contributed by atoms with Crippen LogP contribution in [0.3, 0.4) is 0 Å². The number of nitrogens with two attached hydrogens (primary N) is 1. The maximum absolute atomic E-state index is 9.22. The minimum absolute atomic E-state index is 0. The average molecular weight is 303 g/mol. The number of rotatable bonds is 5. The van der Waals surface area contributed by atoms with Gasteiger partial charge in [0.2, 0.25) is 5.91 Å². The lowest BCUT2D eigenvalue weighted by molar-refractivity contribution is -0.115. The van der Waals surface area contributed by atoms with E-state index in [2.05, 4.69) is 22.5 Å². The predicted molar refractivity (Wildman–Crippen MR) is 90.5 cm³/mol. The Morgan fingerprint density at radius 2 is 1.67 bits per heavy atom. The van der Waals surface area contributed by atoms with Crippen LogP contribution in [0.15, 0.2) is 0 Å². The molecule has 1 aliphatic carbocycles. The Labute approximate surface area is 132 Å². The van der Waals surface area contributed by atoms with E-state index in [9.17, 15) is 4.79 Å². The molecule has 0 aromatic rings. The van der Waals surface area contributed by atoms with Crippen LogP contribution in [0.4, 0.5) is 0 Å². The molecular weight excluding hydrogens is 266 g/mol. The van der Waals surface area contributed by atoms with Crippen molar-refractivity contribution in [3.8, 4) is 0 Å². The van der Waals surface area contributed by atoms with Gasteiger partial charge < -0.3 is 15.4 Å². The average Bonchev–Trinajstić information content (AvgIpc) is 2.44. The summed E-state index contributed by atoms with van der Waals surface area (Å²) in [6.07, 6.45) is 4.56. The maximum atomic E-state index is 9.22. The highest BCUT2D eigenvalue weighted by Gasteiger charge is 2.19. The molecule has 1 heterocycles. The standard InChI is InChI=1S/C12H24N2O.C2H5NO.C2H6.H2/c1-2-13-6-8-14(9-7-13)10-11-15-12-4-3-5-12;1-2(3)4;1-2;/h12H,2-11H2,1H3;1H3,(H2,3,4);1-2H3;1H. The van der Waals surface area contributed by atoms with Crippen molar-refractivity contribution >= 4 is 5.91 Å². The molecule has 0 bridgehead atoms. The van der Waals surface area contributed by atoms with Gasteiger partial charge in [-0.3, -0.25) is 9.69 Å². The van der Waals surface area contributed by atoms with Crippen LogP contribution in [0, 0.1) is 0 Å². The summed E-state index contributed by atoms with van der Waals surface area (Å²) >= 11 is 0. The number of ether oxygens (including phenoxy) is 1. The smallest absolute Gasteiger partial charge is 0.214 e. The summed E-state index contributed by atoms with van der Waals surface area (Å²) in [5, 5.41) is 0. The highest BCUT2D eigenvalue weighted by atomic mass is 16.5. The Balaban J connectivity index is 0. The fraction of sp³-hybridized carbons (Fsp3) is 0.938. The third kappa shape index (κ3) is 10.7. The summed E-state index contributed by atoms with van der Waals surface area (Å²) in [7, 11) is 0. The van der Waals surface area contributed by atoms with Crippen LogP contribution in [0.5, 0.6) is 0 Å². The topological polar surface area (TPSA) is 58.8 Å². The Morgan fingerprint density at radius 3 is 2.05 bits per heavy atom. The van der Waals surface area contributed by atoms with Crippen molar-refractivity contribution in [3.63, 3.8) is 0 Å². The van der Waals surface area contributed by atoms with E-state index in [0.29, 0.717) is 6.10 Å². The molecule has 0 atom stereocenters. The Bertz CT molecular complexity index is 252. The van der Waals surface area contributed by atoms with Gasteiger partial charge >= 0.3 is 0 Å². The molecule has 1 aliphatic heterocycles. The fourth-order valence-electron chi connectivity index (χ4n) is 2.22. The molecular formula is C16H37N3O2. The van der Waals surface area contributed by atoms with E-state index < -0.39 is 0 Å². The zero-order chi connectivity index (χ0) is 16.1. The molecule has 5 heteroatoms. The van der Waals surface area contributed by atoms with Gasteiger partial charge in [-0.15, -0.1) is 0 Å². The highest BCUT2D eigenvalue weighted by Crippen LogP contribution is 2.21. The molecule has 5 nitrogen and oxygen atoms in total. The van der Waals surface area contributed by atoms with Gasteiger partial charge in [-0.25, -0.2) is 0 Å². The number of carbonyl (C=O) groups is 1. The third-order valence-electron chi connectivity index (χ3n) is 3.73. The van der Waals surface area contributed by atoms with Gasteiger partial charge in [0.1, 0.15) is 0 Å². The molecule has 0 spiro atoms. The minimum Gasteiger partial charge on any atom is -0.377 e. The second-order valence-corrected chi connectivity index (χ2v) is 5.31. The lowest BCUT2D eigenvalue weighted by Crippen LogP contribution is -2.47. The molecule has 2 aliphatic rings. The van der Waals surface area contributed by atoms with Crippen molar-refractivity contribution in [2.24, 2.45) is 5.73 Å². The molecule has 0 unspecified atom stereocenters. The van der Waals surface area contributed by atoms with E-state index in [4.69, 9.17) is 4.74 Å². The number of hydrogen-bond donors (Lipinski definition) is 1. The first-order valence-corrected chi connectivity index (χ1v) is 8.44. The molecule has 0 aromatic carbocycles. The van der Waals surface area contributed by atoms with Crippen LogP contribution in [-0.2, 0) is 9.53 Å². The van der Waals surface area contributed by atoms with Gasteiger partial charge in [0.15, 0.2) is 0 Å². The van der Waals surface area contributed by atoms with E-state index in [1.165, 1.54) is 58.9 Å². The van der Waals surface area contributed by atoms with Crippen LogP contribution in [0.25, 0.3) is 0 Å². The van der Waals surface area contributed by atoms with Gasteiger partial charge in [0, 0.05) is 41.1 Å². The zero-order valence-electron chi connectivity index (χ0n) is 14.4. The number of carbonyl (C=O) groups excluding carboxylic acids is 1. The lowest BCUT2D eigenvalue weighted by atomic mass is 9.96. The molecule has 1 amide bonds. The van der Waals surface area contributed by atoms with Crippen molar-refractivity contribution in [1.29, 1.82) is 0 Å². The second kappa shape index (κ2) is 13.0. The van der Waals surface area contributed by atoms with Crippen molar-refractivity contribution in [1.82, 2.24) is 9.80 Å². The van der Waals surface area contributed by atoms with Crippen molar-refractivity contribution in [2.75, 3.05) is 45.9 Å². The molecule has 1 saturated heterocycles. The molecule has 2 fully saturated rings. The van der Waals surface area contributed by atoms with Crippen molar-refractivity contribution in [3.05, 3.63) is 0 Å². The molecule has 2 rings (SSSR count). The third-order valence-corrected chi connectivity index (χ3v) is 3.73. The first-order chi connectivity index (χ1) is 10.1. The van der Waals surface area contributed by atoms with E-state index in [0.717, 1.165) is 13.2 Å². The van der Waals surface area contributed by atoms with E-state index in [1.54, 1.807) is 0 Å². The Kier molecular flexibility index (Phi) is 12.6. The van der Waals surface area contributed by atoms with Crippen LogP contribution in [0.1, 0.15) is 48.4 Å². The summed E-state index contributed by atoms with van der Waals surface area (Å²) in [5.74, 6) is -0.333. The predicted octanol–water partition coefficient (Wildman–Crippen LogP) is 1.96. The molecule has 0 aromatic heterocycles. The van der Waals surface area contributed by atoms with Crippen LogP contribution < -0.4 is 5.73 Å². The monoisotopic (exact) mass is 303 g/mol. The first kappa shape index (κ1) is 20.3. The van der Waals surface area contributed by atoms with E-state index in [-0.39, 0.29) is 7.33 Å². The number of likely N-dealkylation sites (N-methyl/N-ethyl adjacent to an activating group) is 1. The summed E-state index contributed by atoms with van der Waals surface area (Å²) in [5.41, 5.74) is 4.47. The largest absolute Gasteiger partial charge is 0.377 e. The van der Waals surface area contributed by atoms with Gasteiger partial charge in [-0.05, 0) is 25.8 Å². The Morgan fingerprint density at radius 1 is 1.19 bits per heavy atom. The Hall–Kier alpha value is -0.650. The number of piperazine rings is 1. The lowest BCUT2D eigenvalue weighted by Gasteiger charge is -2.34. The zero-order valence-corrected chi connectivity index (χ0v) is 14.4. The summed E-state index contributed by atoms with van der Waals surface area (Å²) < 4.78 is 5.78. The molecule has 0 radical (unpaired) electrons. The van der Waals surface area contributed by atoms with E-state index in [1.807, 2.05) is 13.8 Å². The first-order valence-electron chi connectivity index (χ1n) is 8.44. The fourth-order valence-corrected chi connectivity index (χ4v) is 2.22. The van der Waals surface area contributed by atoms with Gasteiger partial charge in [0.25, 0.3) is 0 Å². The number of primary amides is 1. The summed E-state index contributed by atoms with van der Waals surface area (Å²) in [4.78, 5) is 14.3. The summed E-state index contributed by atoms with van der Waals surface area (Å²) in [6, 6.07) is 0. The molecule has 128 valence electrons. The van der Waals surface area contributed by atoms with Crippen molar-refractivity contribution < 1.29 is 11.0 Å². The number of amides is 1. The summed E-state index contributed by atoms with van der Waals surface area (Å²) in [6.45, 7) is 15.7. The van der Waals surface area contributed by atoms with Gasteiger partial charge in [-0.2, -0.15) is 0 Å². The number of hydrogen-bond acceptors (Lipinski definition) is 4. The number of nitrogens with zero attached hydrogens (tertiary/aromatic N) is 2. The van der Waals surface area contributed by atoms with Crippen LogP contribution >= 0.6 is 0 Å². The van der Waals surface area contributed by atoms with Crippen LogP contribution in [0.2, 0.25) is 0 Å². The minimum atomic E-state index is -0.333. The SMILES string of the molecule is CC.CC(N)=O.CCN1CCN(CCOC2CCC2)CC1.[HH]. The van der Waals surface area contributed by atoms with Gasteiger partial charge in [-0.1, -0.05) is 20.8 Å². The van der Waals surface area contributed by atoms with Crippen molar-refractivity contribution in [2.45, 2.75) is 53.1 Å². The molecule has 2 N–H and O–H groups in total. The molecule has 21 heavy (non-hydrogen) atoms. The highest BCUT2D eigenvalue weighted by molar-refractivity contribution is 5.70. The quantitative estimate of drug-likeness (QED) is 0.843. The van der Waals surface area contributed by atoms with E-state index >= 15 is 0 Å².